The molecule has 0 radical (unpaired) electrons. The van der Waals surface area contributed by atoms with E-state index in [-0.39, 0.29) is 16.5 Å². The number of hydrogen-bond acceptors (Lipinski definition) is 1. The second-order valence-electron chi connectivity index (χ2n) is 3.96. The first kappa shape index (κ1) is 14.8. The Morgan fingerprint density at radius 1 is 1.20 bits per heavy atom. The largest absolute Gasteiger partial charge is 0.323 e. The highest BCUT2D eigenvalue weighted by Gasteiger charge is 2.04. The smallest absolute Gasteiger partial charge is 0.248 e. The van der Waals surface area contributed by atoms with Gasteiger partial charge >= 0.3 is 0 Å². The lowest BCUT2D eigenvalue weighted by Crippen LogP contribution is -2.07. The van der Waals surface area contributed by atoms with E-state index in [1.165, 1.54) is 24.3 Å². The van der Waals surface area contributed by atoms with Crippen LogP contribution in [-0.4, -0.2) is 5.91 Å². The second kappa shape index (κ2) is 6.68. The molecule has 2 rings (SSSR count). The summed E-state index contributed by atoms with van der Waals surface area (Å²) in [4.78, 5) is 11.7. The van der Waals surface area contributed by atoms with E-state index in [1.54, 1.807) is 18.2 Å². The summed E-state index contributed by atoms with van der Waals surface area (Å²) in [6, 6.07) is 11.5. The molecule has 2 aromatic carbocycles. The number of halogens is 3. The first-order valence-corrected chi connectivity index (χ1v) is 6.92. The average Bonchev–Trinajstić information content (AvgIpc) is 2.41. The van der Waals surface area contributed by atoms with E-state index >= 15 is 0 Å². The Hall–Kier alpha value is -1.65. The fourth-order valence-electron chi connectivity index (χ4n) is 1.55. The Bertz CT molecular complexity index is 635. The molecule has 0 bridgehead atoms. The summed E-state index contributed by atoms with van der Waals surface area (Å²) in [6.07, 6.45) is 2.60. The molecule has 1 N–H and O–H groups in total. The molecule has 102 valence electrons. The molecule has 0 fully saturated rings. The standard InChI is InChI=1S/C15H10BrClFNO/c16-10-4-6-11(7-5-10)19-15(20)9-8-12-13(17)2-1-3-14(12)18/h1-9H,(H,19,20)/b9-8+. The van der Waals surface area contributed by atoms with Gasteiger partial charge in [0.25, 0.3) is 0 Å². The van der Waals surface area contributed by atoms with Crippen molar-refractivity contribution in [1.29, 1.82) is 0 Å². The molecule has 0 spiro atoms. The molecule has 5 heteroatoms. The van der Waals surface area contributed by atoms with Crippen LogP contribution >= 0.6 is 27.5 Å². The van der Waals surface area contributed by atoms with E-state index in [0.29, 0.717) is 5.69 Å². The van der Waals surface area contributed by atoms with E-state index in [9.17, 15) is 9.18 Å². The maximum atomic E-state index is 13.5. The number of hydrogen-bond donors (Lipinski definition) is 1. The summed E-state index contributed by atoms with van der Waals surface area (Å²) in [7, 11) is 0. The van der Waals surface area contributed by atoms with Gasteiger partial charge in [-0.3, -0.25) is 4.79 Å². The van der Waals surface area contributed by atoms with Gasteiger partial charge in [0, 0.05) is 21.8 Å². The summed E-state index contributed by atoms with van der Waals surface area (Å²) in [5, 5.41) is 2.93. The van der Waals surface area contributed by atoms with Crippen LogP contribution in [0.3, 0.4) is 0 Å². The molecule has 2 nitrogen and oxygen atoms in total. The van der Waals surface area contributed by atoms with Crippen LogP contribution in [0, 0.1) is 5.82 Å². The zero-order chi connectivity index (χ0) is 14.5. The molecule has 0 aliphatic carbocycles. The fraction of sp³-hybridized carbons (Fsp3) is 0. The van der Waals surface area contributed by atoms with E-state index < -0.39 is 5.82 Å². The zero-order valence-corrected chi connectivity index (χ0v) is 12.6. The Kier molecular flexibility index (Phi) is 4.93. The van der Waals surface area contributed by atoms with Crippen molar-refractivity contribution in [2.45, 2.75) is 0 Å². The van der Waals surface area contributed by atoms with Gasteiger partial charge in [-0.15, -0.1) is 0 Å². The van der Waals surface area contributed by atoms with Crippen molar-refractivity contribution < 1.29 is 9.18 Å². The van der Waals surface area contributed by atoms with Gasteiger partial charge in [-0.05, 0) is 42.5 Å². The molecule has 0 aromatic heterocycles. The third-order valence-corrected chi connectivity index (χ3v) is 3.37. The molecule has 1 amide bonds. The Balaban J connectivity index is 2.08. The van der Waals surface area contributed by atoms with Crippen LogP contribution in [0.2, 0.25) is 5.02 Å². The van der Waals surface area contributed by atoms with E-state index in [0.717, 1.165) is 4.47 Å². The first-order chi connectivity index (χ1) is 9.56. The molecule has 0 aliphatic heterocycles. The summed E-state index contributed by atoms with van der Waals surface area (Å²) < 4.78 is 14.4. The molecular formula is C15H10BrClFNO. The van der Waals surface area contributed by atoms with Crippen molar-refractivity contribution in [2.24, 2.45) is 0 Å². The van der Waals surface area contributed by atoms with Gasteiger partial charge < -0.3 is 5.32 Å². The van der Waals surface area contributed by atoms with Gasteiger partial charge in [-0.25, -0.2) is 4.39 Å². The summed E-state index contributed by atoms with van der Waals surface area (Å²) in [5.74, 6) is -0.822. The number of benzene rings is 2. The van der Waals surface area contributed by atoms with E-state index in [1.807, 2.05) is 12.1 Å². The predicted octanol–water partition coefficient (Wildman–Crippen LogP) is 4.89. The molecule has 0 saturated heterocycles. The molecule has 0 unspecified atom stereocenters. The van der Waals surface area contributed by atoms with Crippen LogP contribution in [0.4, 0.5) is 10.1 Å². The lowest BCUT2D eigenvalue weighted by Gasteiger charge is -2.02. The molecular weight excluding hydrogens is 345 g/mol. The van der Waals surface area contributed by atoms with Gasteiger partial charge in [0.05, 0.1) is 5.02 Å². The molecule has 0 heterocycles. The minimum atomic E-state index is -0.467. The topological polar surface area (TPSA) is 29.1 Å². The second-order valence-corrected chi connectivity index (χ2v) is 5.29. The molecule has 2 aromatic rings. The molecule has 20 heavy (non-hydrogen) atoms. The van der Waals surface area contributed by atoms with Crippen molar-refractivity contribution in [3.8, 4) is 0 Å². The Morgan fingerprint density at radius 3 is 2.55 bits per heavy atom. The predicted molar refractivity (Wildman–Crippen MR) is 83.2 cm³/mol. The first-order valence-electron chi connectivity index (χ1n) is 5.75. The number of amides is 1. The minimum Gasteiger partial charge on any atom is -0.323 e. The Morgan fingerprint density at radius 2 is 1.90 bits per heavy atom. The minimum absolute atomic E-state index is 0.195. The maximum Gasteiger partial charge on any atom is 0.248 e. The third kappa shape index (κ3) is 3.92. The van der Waals surface area contributed by atoms with Gasteiger partial charge in [0.1, 0.15) is 5.82 Å². The van der Waals surface area contributed by atoms with Gasteiger partial charge in [0.2, 0.25) is 5.91 Å². The van der Waals surface area contributed by atoms with Crippen LogP contribution in [-0.2, 0) is 4.79 Å². The lowest BCUT2D eigenvalue weighted by molar-refractivity contribution is -0.111. The Labute approximate surface area is 129 Å². The number of carbonyl (C=O) groups excluding carboxylic acids is 1. The summed E-state index contributed by atoms with van der Waals surface area (Å²) in [5.41, 5.74) is 0.850. The van der Waals surface area contributed by atoms with Gasteiger partial charge in [0.15, 0.2) is 0 Å². The molecule has 0 saturated carbocycles. The summed E-state index contributed by atoms with van der Waals surface area (Å²) in [6.45, 7) is 0. The number of nitrogens with one attached hydrogen (secondary N) is 1. The number of anilines is 1. The van der Waals surface area contributed by atoms with Crippen molar-refractivity contribution in [3.63, 3.8) is 0 Å². The summed E-state index contributed by atoms with van der Waals surface area (Å²) >= 11 is 9.17. The average molecular weight is 355 g/mol. The van der Waals surface area contributed by atoms with Crippen LogP contribution in [0.15, 0.2) is 53.0 Å². The normalized spacial score (nSPS) is 10.8. The highest BCUT2D eigenvalue weighted by Crippen LogP contribution is 2.20. The van der Waals surface area contributed by atoms with Crippen molar-refractivity contribution >= 4 is 45.2 Å². The molecule has 0 atom stereocenters. The fourth-order valence-corrected chi connectivity index (χ4v) is 2.04. The quantitative estimate of drug-likeness (QED) is 0.781. The van der Waals surface area contributed by atoms with E-state index in [2.05, 4.69) is 21.2 Å². The van der Waals surface area contributed by atoms with Crippen LogP contribution in [0.25, 0.3) is 6.08 Å². The van der Waals surface area contributed by atoms with Crippen molar-refractivity contribution in [3.05, 3.63) is 69.4 Å². The molecule has 0 aliphatic rings. The van der Waals surface area contributed by atoms with Gasteiger partial charge in [-0.1, -0.05) is 33.6 Å². The van der Waals surface area contributed by atoms with Crippen LogP contribution < -0.4 is 5.32 Å². The number of carbonyl (C=O) groups is 1. The van der Waals surface area contributed by atoms with Gasteiger partial charge in [-0.2, -0.15) is 0 Å². The monoisotopic (exact) mass is 353 g/mol. The number of rotatable bonds is 3. The third-order valence-electron chi connectivity index (χ3n) is 2.51. The highest BCUT2D eigenvalue weighted by atomic mass is 79.9. The maximum absolute atomic E-state index is 13.5. The van der Waals surface area contributed by atoms with Crippen molar-refractivity contribution in [2.75, 3.05) is 5.32 Å². The van der Waals surface area contributed by atoms with E-state index in [4.69, 9.17) is 11.6 Å². The van der Waals surface area contributed by atoms with Crippen LogP contribution in [0.1, 0.15) is 5.56 Å². The zero-order valence-electron chi connectivity index (χ0n) is 10.2. The SMILES string of the molecule is O=C(/C=C/c1c(F)cccc1Cl)Nc1ccc(Br)cc1. The van der Waals surface area contributed by atoms with Crippen molar-refractivity contribution in [1.82, 2.24) is 0 Å². The lowest BCUT2D eigenvalue weighted by atomic mass is 10.2. The van der Waals surface area contributed by atoms with Crippen LogP contribution in [0.5, 0.6) is 0 Å². The highest BCUT2D eigenvalue weighted by molar-refractivity contribution is 9.10.